The molecule has 0 bridgehead atoms. The van der Waals surface area contributed by atoms with Crippen molar-refractivity contribution in [2.75, 3.05) is 46.2 Å². The first-order valence-corrected chi connectivity index (χ1v) is 45.7. The molecule has 19 amide bonds. The maximum Gasteiger partial charge on any atom is 0.328 e. The van der Waals surface area contributed by atoms with E-state index in [1.807, 2.05) is 0 Å². The van der Waals surface area contributed by atoms with Crippen LogP contribution in [0, 0.1) is 0 Å². The number of carboxylic acids is 1. The lowest BCUT2D eigenvalue weighted by Gasteiger charge is -2.28. The lowest BCUT2D eigenvalue weighted by atomic mass is 10.1. The molecule has 7 heterocycles. The third-order valence-corrected chi connectivity index (χ3v) is 22.1. The second kappa shape index (κ2) is 59.1. The van der Waals surface area contributed by atoms with Gasteiger partial charge in [-0.15, -0.1) is 0 Å². The van der Waals surface area contributed by atoms with Gasteiger partial charge in [0.25, 0.3) is 0 Å². The second-order valence-electron chi connectivity index (χ2n) is 33.7. The number of aromatic amines is 7. The molecule has 0 unspecified atom stereocenters. The average Bonchev–Trinajstić information content (AvgIpc) is 1.82. The number of carbonyl (C=O) groups excluding carboxylic acids is 19. The third-order valence-electron chi connectivity index (χ3n) is 22.1. The minimum absolute atomic E-state index is 0.0356. The van der Waals surface area contributed by atoms with Crippen molar-refractivity contribution in [2.24, 2.45) is 5.73 Å². The van der Waals surface area contributed by atoms with Gasteiger partial charge in [0.05, 0.1) is 155 Å². The molecule has 0 aliphatic heterocycles. The Bertz CT molecular complexity index is 5560. The number of H-pyrrole nitrogens is 7. The first kappa shape index (κ1) is 119. The molecule has 0 aliphatic carbocycles. The number of nitrogens with zero attached hydrogens (tertiary/aromatic N) is 7. The van der Waals surface area contributed by atoms with Gasteiger partial charge < -0.3 is 198 Å². The number of aliphatic carboxylic acids is 1. The van der Waals surface area contributed by atoms with E-state index in [1.165, 1.54) is 88.3 Å². The molecule has 39 N–H and O–H groups in total. The van der Waals surface area contributed by atoms with Gasteiger partial charge >= 0.3 is 5.97 Å². The predicted octanol–water partition coefficient (Wildman–Crippen LogP) is -19.5. The topological polar surface area (TPSA) is 1020 Å². The van der Waals surface area contributed by atoms with Crippen molar-refractivity contribution < 1.29 is 152 Å². The molecule has 0 radical (unpaired) electrons. The Kier molecular flexibility index (Phi) is 47.4. The SMILES string of the molecule is C[C@H](NC(=O)[C@H](CO)NC(=O)[C@H](Cc1c[nH]cn1)NC(=O)[C@@H](NC(=O)[C@H](CO)NC(=O)[C@H](Cc1c[nH]cn1)NC(=O)[C@H](C)NC(=O)[C@H](CO)NC(=O)[C@@H](N)Cc1c[nH]cn1)[C@@H](C)O)C(=O)N[C@@H](Cc1c[nH]cn1)C(=O)N[C@@H](CO)C(=O)N[C@H](C(=O)N[C@@H](Cc1c[nH]cn1)C(=O)N[C@@H](CO)C(=O)N[C@H](C(=O)N[C@@H](Cc1c[nH]cn1)C(=O)N[C@@H](CO)C(=O)N[C@@H](C)C(=O)N[C@@H](Cc1c[nH]cn1)C(=O)N[C@@H](CO)C(=O)O)[C@@H](C)O)[C@@H](C)O. The lowest BCUT2D eigenvalue weighted by molar-refractivity contribution is -0.143. The van der Waals surface area contributed by atoms with Crippen LogP contribution in [0.5, 0.6) is 0 Å². The van der Waals surface area contributed by atoms with E-state index in [1.54, 1.807) is 0 Å². The molecule has 65 heteroatoms. The molecule has 0 saturated carbocycles. The number of carbonyl (C=O) groups is 20. The smallest absolute Gasteiger partial charge is 0.328 e. The number of rotatable bonds is 63. The highest BCUT2D eigenvalue weighted by Crippen LogP contribution is 2.13. The fourth-order valence-electron chi connectivity index (χ4n) is 13.7. The molecule has 0 spiro atoms. The van der Waals surface area contributed by atoms with Crippen LogP contribution in [0.25, 0.3) is 0 Å². The Morgan fingerprint density at radius 3 is 0.544 bits per heavy atom. The molecule has 0 saturated heterocycles. The van der Waals surface area contributed by atoms with Crippen molar-refractivity contribution in [2.45, 2.75) is 226 Å². The largest absolute Gasteiger partial charge is 0.480 e. The summed E-state index contributed by atoms with van der Waals surface area (Å²) in [5.41, 5.74) is 7.01. The van der Waals surface area contributed by atoms with E-state index < -0.39 is 336 Å². The maximum atomic E-state index is 14.3. The normalized spacial score (nSPS) is 15.9. The van der Waals surface area contributed by atoms with E-state index in [9.17, 15) is 152 Å². The molecule has 23 atom stereocenters. The molecular formula is C84H122N34O31. The predicted molar refractivity (Wildman–Crippen MR) is 500 cm³/mol. The standard InChI is InChI=1S/C84H122N34O31/c1-35(100-75(139)55(21-119)109-68(132)48(85)7-41-14-86-28-93-41)65(129)103-49(8-42-15-87-29-94-42)69(133)112-58(24-122)78(142)116-62(38(4)126)81(145)106-52(11-45-18-90-32-97-45)71(135)110-56(22-120)76(140)101-36(2)66(130)104-50(9-43-16-88-30-95-43)70(134)113-59(25-123)79(143)117-64(40(6)128)83(147)108-54(13-47-20-92-34-99-47)73(137)114-60(26-124)80(144)118-63(39(5)127)82(146)107-53(12-46-19-91-33-98-46)72(136)111-57(23-121)77(141)102-37(3)67(131)105-51(10-44-17-89-31-96-44)74(138)115-61(27-125)84(148)149/h14-20,28-40,48-64,119-128H,7-13,21-27,85H2,1-6H3,(H,86,93)(H,87,94)(H,88,95)(H,89,96)(H,90,97)(H,91,98)(H,92,99)(H,100,139)(H,101,140)(H,102,141)(H,103,129)(H,104,130)(H,105,131)(H,106,145)(H,107,146)(H,108,147)(H,109,132)(H,110,135)(H,111,136)(H,112,133)(H,113,134)(H,114,137)(H,115,138)(H,116,142)(H,117,143)(H,118,144)(H,148,149)/t35-,36-,37-,38+,39+,40+,48-,49-,50-,51-,52-,53-,54-,55-,56-,57-,58-,59-,60-,61-,62-,63-,64-/m0/s1. The summed E-state index contributed by atoms with van der Waals surface area (Å²) in [5.74, 6) is -24.8. The van der Waals surface area contributed by atoms with Crippen LogP contribution in [-0.2, 0) is 141 Å². The van der Waals surface area contributed by atoms with Crippen LogP contribution in [-0.4, -0.2) is 430 Å². The summed E-state index contributed by atoms with van der Waals surface area (Å²) in [4.78, 5) is 322. The van der Waals surface area contributed by atoms with Crippen LogP contribution in [0.4, 0.5) is 0 Å². The Hall–Kier alpha value is -16.6. The summed E-state index contributed by atoms with van der Waals surface area (Å²) in [6.45, 7) is -1.74. The molecule has 0 aliphatic rings. The van der Waals surface area contributed by atoms with Gasteiger partial charge in [-0.25, -0.2) is 39.7 Å². The van der Waals surface area contributed by atoms with Gasteiger partial charge in [0.1, 0.15) is 115 Å². The Balaban J connectivity index is 0.955. The van der Waals surface area contributed by atoms with E-state index in [0.717, 1.165) is 40.9 Å². The minimum Gasteiger partial charge on any atom is -0.480 e. The summed E-state index contributed by atoms with van der Waals surface area (Å²) in [6.07, 6.45) is 9.25. The van der Waals surface area contributed by atoms with Crippen LogP contribution < -0.4 is 107 Å². The molecule has 149 heavy (non-hydrogen) atoms. The number of nitrogens with two attached hydrogens (primary N) is 1. The molecular weight excluding hydrogens is 1980 g/mol. The van der Waals surface area contributed by atoms with Gasteiger partial charge in [-0.05, 0) is 41.5 Å². The first-order valence-electron chi connectivity index (χ1n) is 45.7. The molecule has 7 rings (SSSR count). The second-order valence-corrected chi connectivity index (χ2v) is 33.7. The first-order chi connectivity index (χ1) is 70.8. The van der Waals surface area contributed by atoms with Crippen molar-refractivity contribution in [1.82, 2.24) is 171 Å². The van der Waals surface area contributed by atoms with Crippen LogP contribution >= 0.6 is 0 Å². The number of nitrogens with one attached hydrogen (secondary N) is 26. The number of hydrogen-bond donors (Lipinski definition) is 38. The summed E-state index contributed by atoms with van der Waals surface area (Å²) in [7, 11) is 0. The Morgan fingerprint density at radius 2 is 0.376 bits per heavy atom. The molecule has 7 aromatic heterocycles. The summed E-state index contributed by atoms with van der Waals surface area (Å²) in [5, 5.41) is 157. The van der Waals surface area contributed by atoms with Crippen molar-refractivity contribution >= 4 is 118 Å². The van der Waals surface area contributed by atoms with E-state index in [4.69, 9.17) is 5.73 Å². The fraction of sp³-hybridized carbons (Fsp3) is 0.512. The van der Waals surface area contributed by atoms with Crippen LogP contribution in [0.15, 0.2) is 87.7 Å². The van der Waals surface area contributed by atoms with Crippen LogP contribution in [0.3, 0.4) is 0 Å². The zero-order valence-corrected chi connectivity index (χ0v) is 80.6. The van der Waals surface area contributed by atoms with Gasteiger partial charge in [0.2, 0.25) is 112 Å². The number of aromatic nitrogens is 14. The Morgan fingerprint density at radius 1 is 0.221 bits per heavy atom. The summed E-state index contributed by atoms with van der Waals surface area (Å²) < 4.78 is 0. The highest BCUT2D eigenvalue weighted by Gasteiger charge is 2.42. The zero-order chi connectivity index (χ0) is 110. The van der Waals surface area contributed by atoms with Gasteiger partial charge in [-0.1, -0.05) is 0 Å². The number of hydrogen-bond acceptors (Lipinski definition) is 38. The number of carboxylic acid groups (broad SMARTS) is 1. The third kappa shape index (κ3) is 37.5. The van der Waals surface area contributed by atoms with Crippen LogP contribution in [0.2, 0.25) is 0 Å². The van der Waals surface area contributed by atoms with Crippen molar-refractivity contribution in [1.29, 1.82) is 0 Å². The highest BCUT2D eigenvalue weighted by molar-refractivity contribution is 6.03. The number of aliphatic hydroxyl groups excluding tert-OH is 10. The van der Waals surface area contributed by atoms with E-state index in [0.29, 0.717) is 5.69 Å². The molecule has 814 valence electrons. The van der Waals surface area contributed by atoms with E-state index in [-0.39, 0.29) is 47.0 Å². The van der Waals surface area contributed by atoms with Crippen molar-refractivity contribution in [3.05, 3.63) is 128 Å². The fourth-order valence-corrected chi connectivity index (χ4v) is 13.7. The summed E-state index contributed by atoms with van der Waals surface area (Å²) in [6, 6.07) is -36.2. The number of imidazole rings is 7. The van der Waals surface area contributed by atoms with E-state index in [2.05, 4.69) is 171 Å². The monoisotopic (exact) mass is 2100 g/mol. The molecule has 0 fully saturated rings. The lowest BCUT2D eigenvalue weighted by Crippen LogP contribution is -2.64. The molecule has 0 aromatic carbocycles. The van der Waals surface area contributed by atoms with Crippen molar-refractivity contribution in [3.8, 4) is 0 Å². The van der Waals surface area contributed by atoms with Gasteiger partial charge in [0, 0.05) is 88.3 Å². The minimum atomic E-state index is -2.12. The van der Waals surface area contributed by atoms with Gasteiger partial charge in [-0.2, -0.15) is 0 Å². The number of amides is 19. The Labute approximate surface area is 843 Å². The zero-order valence-electron chi connectivity index (χ0n) is 80.6. The van der Waals surface area contributed by atoms with Crippen LogP contribution in [0.1, 0.15) is 81.4 Å². The average molecular weight is 2100 g/mol. The van der Waals surface area contributed by atoms with Gasteiger partial charge in [-0.3, -0.25) is 91.1 Å². The van der Waals surface area contributed by atoms with Gasteiger partial charge in [0.15, 0.2) is 0 Å². The number of aliphatic hydroxyl groups is 10. The summed E-state index contributed by atoms with van der Waals surface area (Å²) >= 11 is 0. The molecule has 65 nitrogen and oxygen atoms in total. The quantitative estimate of drug-likeness (QED) is 0.0168. The van der Waals surface area contributed by atoms with E-state index >= 15 is 0 Å². The highest BCUT2D eigenvalue weighted by atomic mass is 16.4. The van der Waals surface area contributed by atoms with Crippen molar-refractivity contribution in [3.63, 3.8) is 0 Å². The molecule has 7 aromatic rings. The maximum absolute atomic E-state index is 14.3.